The van der Waals surface area contributed by atoms with Crippen molar-refractivity contribution >= 4 is 12.1 Å². The van der Waals surface area contributed by atoms with Crippen molar-refractivity contribution in [3.63, 3.8) is 0 Å². The molecule has 6 nitrogen and oxygen atoms in total. The lowest BCUT2D eigenvalue weighted by Gasteiger charge is -2.31. The van der Waals surface area contributed by atoms with E-state index in [1.807, 2.05) is 25.7 Å². The number of hydrogen-bond acceptors (Lipinski definition) is 4. The largest absolute Gasteiger partial charge is 0.480 e. The average molecular weight is 272 g/mol. The van der Waals surface area contributed by atoms with E-state index < -0.39 is 11.6 Å². The van der Waals surface area contributed by atoms with E-state index in [4.69, 9.17) is 9.84 Å². The zero-order valence-electron chi connectivity index (χ0n) is 11.9. The Morgan fingerprint density at radius 3 is 2.37 bits per heavy atom. The lowest BCUT2D eigenvalue weighted by atomic mass is 9.97. The van der Waals surface area contributed by atoms with Gasteiger partial charge in [-0.2, -0.15) is 0 Å². The first-order valence-electron chi connectivity index (χ1n) is 6.67. The number of alkyl carbamates (subject to hydrolysis) is 1. The van der Waals surface area contributed by atoms with Crippen molar-refractivity contribution in [3.8, 4) is 0 Å². The molecule has 0 radical (unpaired) electrons. The molecule has 6 heteroatoms. The van der Waals surface area contributed by atoms with Crippen molar-refractivity contribution < 1.29 is 19.4 Å². The Labute approximate surface area is 114 Å². The van der Waals surface area contributed by atoms with Crippen LogP contribution in [0.4, 0.5) is 4.79 Å². The molecular formula is C13H24N2O4. The second-order valence-corrected chi connectivity index (χ2v) is 6.00. The number of aliphatic carboxylic acids is 1. The van der Waals surface area contributed by atoms with Crippen LogP contribution in [0.3, 0.4) is 0 Å². The number of carboxylic acid groups (broad SMARTS) is 1. The molecule has 1 amide bonds. The van der Waals surface area contributed by atoms with Crippen molar-refractivity contribution in [2.24, 2.45) is 5.92 Å². The third-order valence-corrected chi connectivity index (χ3v) is 3.00. The number of carbonyl (C=O) groups excluding carboxylic acids is 1. The summed E-state index contributed by atoms with van der Waals surface area (Å²) in [4.78, 5) is 24.0. The van der Waals surface area contributed by atoms with Crippen LogP contribution in [0.15, 0.2) is 0 Å². The third-order valence-electron chi connectivity index (χ3n) is 3.00. The fourth-order valence-corrected chi connectivity index (χ4v) is 2.08. The number of rotatable bonds is 4. The molecule has 1 fully saturated rings. The molecule has 0 spiro atoms. The molecule has 1 aliphatic rings. The summed E-state index contributed by atoms with van der Waals surface area (Å²) in [6.07, 6.45) is 1.42. The first-order valence-corrected chi connectivity index (χ1v) is 6.67. The Kier molecular flexibility index (Phi) is 5.60. The van der Waals surface area contributed by atoms with Crippen molar-refractivity contribution in [3.05, 3.63) is 0 Å². The van der Waals surface area contributed by atoms with Gasteiger partial charge in [0.05, 0.1) is 6.54 Å². The van der Waals surface area contributed by atoms with Crippen LogP contribution in [0.1, 0.15) is 33.6 Å². The standard InChI is InChI=1S/C13H24N2O4/c1-13(2,3)19-12(18)14-8-10-4-6-15(7-5-10)9-11(16)17/h10H,4-9H2,1-3H3,(H,14,18)(H,16,17). The van der Waals surface area contributed by atoms with Gasteiger partial charge in [-0.15, -0.1) is 0 Å². The number of likely N-dealkylation sites (tertiary alicyclic amines) is 1. The molecule has 0 unspecified atom stereocenters. The van der Waals surface area contributed by atoms with Gasteiger partial charge in [0.25, 0.3) is 0 Å². The second-order valence-electron chi connectivity index (χ2n) is 6.00. The maximum atomic E-state index is 11.5. The van der Waals surface area contributed by atoms with Crippen LogP contribution in [0.5, 0.6) is 0 Å². The average Bonchev–Trinajstić information content (AvgIpc) is 2.25. The topological polar surface area (TPSA) is 78.9 Å². The van der Waals surface area contributed by atoms with E-state index in [0.29, 0.717) is 12.5 Å². The zero-order chi connectivity index (χ0) is 14.5. The quantitative estimate of drug-likeness (QED) is 0.806. The summed E-state index contributed by atoms with van der Waals surface area (Å²) < 4.78 is 5.16. The highest BCUT2D eigenvalue weighted by atomic mass is 16.6. The molecule has 1 aliphatic heterocycles. The van der Waals surface area contributed by atoms with E-state index in [-0.39, 0.29) is 12.6 Å². The summed E-state index contributed by atoms with van der Waals surface area (Å²) in [6, 6.07) is 0. The Hall–Kier alpha value is -1.30. The summed E-state index contributed by atoms with van der Waals surface area (Å²) in [6.45, 7) is 7.73. The van der Waals surface area contributed by atoms with E-state index in [1.54, 1.807) is 0 Å². The number of nitrogens with zero attached hydrogens (tertiary/aromatic N) is 1. The lowest BCUT2D eigenvalue weighted by Crippen LogP contribution is -2.41. The fourth-order valence-electron chi connectivity index (χ4n) is 2.08. The van der Waals surface area contributed by atoms with Gasteiger partial charge in [0.2, 0.25) is 0 Å². The Bertz CT molecular complexity index is 317. The van der Waals surface area contributed by atoms with Gasteiger partial charge in [0.1, 0.15) is 5.60 Å². The molecule has 0 saturated carbocycles. The van der Waals surface area contributed by atoms with Crippen LogP contribution < -0.4 is 5.32 Å². The molecule has 0 aromatic carbocycles. The molecule has 0 atom stereocenters. The molecule has 0 bridgehead atoms. The minimum atomic E-state index is -0.787. The van der Waals surface area contributed by atoms with Crippen LogP contribution in [-0.4, -0.2) is 53.8 Å². The summed E-state index contributed by atoms with van der Waals surface area (Å²) in [5.74, 6) is -0.386. The normalized spacial score (nSPS) is 18.1. The maximum absolute atomic E-state index is 11.5. The molecule has 19 heavy (non-hydrogen) atoms. The summed E-state index contributed by atoms with van der Waals surface area (Å²) in [5.41, 5.74) is -0.477. The van der Waals surface area contributed by atoms with Crippen molar-refractivity contribution in [2.45, 2.75) is 39.2 Å². The molecule has 110 valence electrons. The number of ether oxygens (including phenoxy) is 1. The molecule has 2 N–H and O–H groups in total. The monoisotopic (exact) mass is 272 g/mol. The Morgan fingerprint density at radius 1 is 1.32 bits per heavy atom. The summed E-state index contributed by atoms with van der Waals surface area (Å²) in [5, 5.41) is 11.5. The first-order chi connectivity index (χ1) is 8.76. The van der Waals surface area contributed by atoms with Gasteiger partial charge in [0.15, 0.2) is 0 Å². The van der Waals surface area contributed by atoms with Crippen molar-refractivity contribution in [1.29, 1.82) is 0 Å². The molecule has 1 saturated heterocycles. The Balaban J connectivity index is 2.19. The second kappa shape index (κ2) is 6.75. The number of nitrogens with one attached hydrogen (secondary N) is 1. The molecule has 0 aromatic heterocycles. The van der Waals surface area contributed by atoms with E-state index in [1.165, 1.54) is 0 Å². The number of carbonyl (C=O) groups is 2. The van der Waals surface area contributed by atoms with Gasteiger partial charge >= 0.3 is 12.1 Å². The minimum Gasteiger partial charge on any atom is -0.480 e. The molecule has 1 rings (SSSR count). The van der Waals surface area contributed by atoms with Crippen molar-refractivity contribution in [2.75, 3.05) is 26.2 Å². The van der Waals surface area contributed by atoms with Crippen LogP contribution in [0.2, 0.25) is 0 Å². The van der Waals surface area contributed by atoms with Gasteiger partial charge in [-0.25, -0.2) is 4.79 Å². The lowest BCUT2D eigenvalue weighted by molar-refractivity contribution is -0.138. The molecule has 0 aromatic rings. The van der Waals surface area contributed by atoms with Crippen molar-refractivity contribution in [1.82, 2.24) is 10.2 Å². The minimum absolute atomic E-state index is 0.103. The number of amides is 1. The first kappa shape index (κ1) is 15.8. The fraction of sp³-hybridized carbons (Fsp3) is 0.846. The highest BCUT2D eigenvalue weighted by molar-refractivity contribution is 5.69. The molecule has 0 aliphatic carbocycles. The smallest absolute Gasteiger partial charge is 0.407 e. The zero-order valence-corrected chi connectivity index (χ0v) is 11.9. The van der Waals surface area contributed by atoms with E-state index in [9.17, 15) is 9.59 Å². The summed E-state index contributed by atoms with van der Waals surface area (Å²) >= 11 is 0. The maximum Gasteiger partial charge on any atom is 0.407 e. The molecule has 1 heterocycles. The van der Waals surface area contributed by atoms with Gasteiger partial charge < -0.3 is 15.2 Å². The number of piperidine rings is 1. The van der Waals surface area contributed by atoms with Crippen LogP contribution >= 0.6 is 0 Å². The van der Waals surface area contributed by atoms with Gasteiger partial charge in [0, 0.05) is 6.54 Å². The summed E-state index contributed by atoms with van der Waals surface area (Å²) in [7, 11) is 0. The van der Waals surface area contributed by atoms with Crippen LogP contribution in [-0.2, 0) is 9.53 Å². The van der Waals surface area contributed by atoms with E-state index >= 15 is 0 Å². The van der Waals surface area contributed by atoms with Crippen LogP contribution in [0, 0.1) is 5.92 Å². The predicted octanol–water partition coefficient (Wildman–Crippen LogP) is 1.31. The molecular weight excluding hydrogens is 248 g/mol. The Morgan fingerprint density at radius 2 is 1.89 bits per heavy atom. The van der Waals surface area contributed by atoms with E-state index in [0.717, 1.165) is 25.9 Å². The highest BCUT2D eigenvalue weighted by Crippen LogP contribution is 2.16. The predicted molar refractivity (Wildman–Crippen MR) is 71.0 cm³/mol. The van der Waals surface area contributed by atoms with Gasteiger partial charge in [-0.05, 0) is 52.6 Å². The van der Waals surface area contributed by atoms with E-state index in [2.05, 4.69) is 5.32 Å². The van der Waals surface area contributed by atoms with Crippen LogP contribution in [0.25, 0.3) is 0 Å². The highest BCUT2D eigenvalue weighted by Gasteiger charge is 2.22. The number of hydrogen-bond donors (Lipinski definition) is 2. The SMILES string of the molecule is CC(C)(C)OC(=O)NCC1CCN(CC(=O)O)CC1. The van der Waals surface area contributed by atoms with Gasteiger partial charge in [-0.3, -0.25) is 9.69 Å². The third kappa shape index (κ3) is 7.00. The van der Waals surface area contributed by atoms with Gasteiger partial charge in [-0.1, -0.05) is 0 Å². The number of carboxylic acids is 1.